The van der Waals surface area contributed by atoms with E-state index in [1.807, 2.05) is 11.8 Å². The Hall–Kier alpha value is -0.920. The average molecular weight is 276 g/mol. The molecule has 1 aromatic heterocycles. The van der Waals surface area contributed by atoms with Gasteiger partial charge in [0.25, 0.3) is 0 Å². The number of anilines is 2. The molecule has 0 bridgehead atoms. The number of rotatable bonds is 5. The monoisotopic (exact) mass is 275 g/mol. The van der Waals surface area contributed by atoms with E-state index in [1.54, 1.807) is 6.20 Å². The predicted molar refractivity (Wildman–Crippen MR) is 62.5 cm³/mol. The topological polar surface area (TPSA) is 87.3 Å². The molecule has 1 rings (SSSR count). The standard InChI is InChI=1S/C8H14BrN5O/c1-2-14(3-4-15)7-6(9)5-11-8(12-7)13-10/h5,15H,2-4,10H2,1H3,(H,11,12,13). The molecule has 0 aliphatic heterocycles. The number of hydrazine groups is 1. The quantitative estimate of drug-likeness (QED) is 0.531. The third-order valence-electron chi connectivity index (χ3n) is 1.91. The van der Waals surface area contributed by atoms with Gasteiger partial charge in [0.2, 0.25) is 5.95 Å². The summed E-state index contributed by atoms with van der Waals surface area (Å²) in [6.45, 7) is 3.34. The van der Waals surface area contributed by atoms with Gasteiger partial charge in [0.15, 0.2) is 0 Å². The summed E-state index contributed by atoms with van der Waals surface area (Å²) >= 11 is 3.35. The Labute approximate surface area is 96.6 Å². The van der Waals surface area contributed by atoms with Gasteiger partial charge in [-0.15, -0.1) is 0 Å². The minimum atomic E-state index is 0.0790. The Morgan fingerprint density at radius 2 is 2.40 bits per heavy atom. The molecule has 0 fully saturated rings. The fraction of sp³-hybridized carbons (Fsp3) is 0.500. The van der Waals surface area contributed by atoms with Crippen LogP contribution in [-0.4, -0.2) is 34.8 Å². The number of aliphatic hydroxyl groups is 1. The number of nitrogen functional groups attached to an aromatic ring is 1. The minimum Gasteiger partial charge on any atom is -0.395 e. The summed E-state index contributed by atoms with van der Waals surface area (Å²) in [5.74, 6) is 6.29. The maximum Gasteiger partial charge on any atom is 0.239 e. The van der Waals surface area contributed by atoms with Gasteiger partial charge >= 0.3 is 0 Å². The predicted octanol–water partition coefficient (Wildman–Crippen LogP) is 0.343. The van der Waals surface area contributed by atoms with E-state index in [4.69, 9.17) is 10.9 Å². The van der Waals surface area contributed by atoms with Gasteiger partial charge in [-0.05, 0) is 22.9 Å². The zero-order valence-corrected chi connectivity index (χ0v) is 10.0. The molecule has 0 atom stereocenters. The first-order valence-corrected chi connectivity index (χ1v) is 5.37. The smallest absolute Gasteiger partial charge is 0.239 e. The number of hydrogen-bond acceptors (Lipinski definition) is 6. The van der Waals surface area contributed by atoms with Gasteiger partial charge in [0.1, 0.15) is 5.82 Å². The van der Waals surface area contributed by atoms with Crippen molar-refractivity contribution in [2.24, 2.45) is 5.84 Å². The molecule has 6 nitrogen and oxygen atoms in total. The number of aromatic nitrogens is 2. The molecule has 0 saturated heterocycles. The van der Waals surface area contributed by atoms with E-state index in [0.717, 1.165) is 16.8 Å². The van der Waals surface area contributed by atoms with Gasteiger partial charge in [-0.2, -0.15) is 4.98 Å². The first kappa shape index (κ1) is 12.2. The third-order valence-corrected chi connectivity index (χ3v) is 2.47. The Kier molecular flexibility index (Phi) is 4.73. The summed E-state index contributed by atoms with van der Waals surface area (Å²) in [6.07, 6.45) is 1.62. The van der Waals surface area contributed by atoms with Crippen LogP contribution in [0.2, 0.25) is 0 Å². The van der Waals surface area contributed by atoms with Crippen molar-refractivity contribution in [3.8, 4) is 0 Å². The van der Waals surface area contributed by atoms with E-state index in [1.165, 1.54) is 0 Å². The van der Waals surface area contributed by atoms with E-state index in [9.17, 15) is 0 Å². The lowest BCUT2D eigenvalue weighted by Gasteiger charge is -2.21. The lowest BCUT2D eigenvalue weighted by Crippen LogP contribution is -2.28. The normalized spacial score (nSPS) is 10.1. The highest BCUT2D eigenvalue weighted by molar-refractivity contribution is 9.10. The van der Waals surface area contributed by atoms with Crippen molar-refractivity contribution in [3.63, 3.8) is 0 Å². The second-order valence-electron chi connectivity index (χ2n) is 2.81. The van der Waals surface area contributed by atoms with Crippen molar-refractivity contribution in [1.82, 2.24) is 9.97 Å². The lowest BCUT2D eigenvalue weighted by atomic mass is 10.4. The molecule has 0 spiro atoms. The fourth-order valence-electron chi connectivity index (χ4n) is 1.18. The molecule has 0 amide bonds. The van der Waals surface area contributed by atoms with Crippen molar-refractivity contribution in [2.75, 3.05) is 30.0 Å². The van der Waals surface area contributed by atoms with Crippen LogP contribution in [0.25, 0.3) is 0 Å². The van der Waals surface area contributed by atoms with Crippen molar-refractivity contribution in [1.29, 1.82) is 0 Å². The van der Waals surface area contributed by atoms with E-state index < -0.39 is 0 Å². The first-order chi connectivity index (χ1) is 7.22. The number of aliphatic hydroxyl groups excluding tert-OH is 1. The van der Waals surface area contributed by atoms with Crippen LogP contribution in [0.15, 0.2) is 10.7 Å². The van der Waals surface area contributed by atoms with Gasteiger partial charge in [-0.1, -0.05) is 0 Å². The van der Waals surface area contributed by atoms with E-state index in [-0.39, 0.29) is 6.61 Å². The van der Waals surface area contributed by atoms with Crippen LogP contribution in [0.3, 0.4) is 0 Å². The van der Waals surface area contributed by atoms with Gasteiger partial charge < -0.3 is 10.0 Å². The Morgan fingerprint density at radius 3 is 2.93 bits per heavy atom. The number of likely N-dealkylation sites (N-methyl/N-ethyl adjacent to an activating group) is 1. The highest BCUT2D eigenvalue weighted by Crippen LogP contribution is 2.23. The molecule has 7 heteroatoms. The second kappa shape index (κ2) is 5.84. The number of hydrogen-bond donors (Lipinski definition) is 3. The van der Waals surface area contributed by atoms with Crippen LogP contribution in [0.5, 0.6) is 0 Å². The van der Waals surface area contributed by atoms with Gasteiger partial charge in [0, 0.05) is 19.3 Å². The van der Waals surface area contributed by atoms with E-state index in [0.29, 0.717) is 12.5 Å². The molecule has 0 saturated carbocycles. The highest BCUT2D eigenvalue weighted by atomic mass is 79.9. The summed E-state index contributed by atoms with van der Waals surface area (Å²) in [6, 6.07) is 0. The van der Waals surface area contributed by atoms with Gasteiger partial charge in [0.05, 0.1) is 11.1 Å². The van der Waals surface area contributed by atoms with Crippen molar-refractivity contribution in [2.45, 2.75) is 6.92 Å². The summed E-state index contributed by atoms with van der Waals surface area (Å²) in [4.78, 5) is 10.1. The zero-order chi connectivity index (χ0) is 11.3. The van der Waals surface area contributed by atoms with Gasteiger partial charge in [-0.3, -0.25) is 5.43 Å². The summed E-state index contributed by atoms with van der Waals surface area (Å²) in [5.41, 5.74) is 2.38. The van der Waals surface area contributed by atoms with Crippen LogP contribution < -0.4 is 16.2 Å². The fourth-order valence-corrected chi connectivity index (χ4v) is 1.63. The van der Waals surface area contributed by atoms with E-state index >= 15 is 0 Å². The van der Waals surface area contributed by atoms with Crippen molar-refractivity contribution >= 4 is 27.7 Å². The molecule has 0 aliphatic carbocycles. The van der Waals surface area contributed by atoms with Crippen molar-refractivity contribution < 1.29 is 5.11 Å². The second-order valence-corrected chi connectivity index (χ2v) is 3.67. The van der Waals surface area contributed by atoms with Crippen LogP contribution in [0, 0.1) is 0 Å². The zero-order valence-electron chi connectivity index (χ0n) is 8.44. The van der Waals surface area contributed by atoms with Crippen LogP contribution in [0.1, 0.15) is 6.92 Å². The molecule has 1 aromatic rings. The highest BCUT2D eigenvalue weighted by Gasteiger charge is 2.11. The lowest BCUT2D eigenvalue weighted by molar-refractivity contribution is 0.302. The van der Waals surface area contributed by atoms with Crippen LogP contribution >= 0.6 is 15.9 Å². The molecule has 1 heterocycles. The molecule has 0 radical (unpaired) electrons. The average Bonchev–Trinajstić information content (AvgIpc) is 2.27. The van der Waals surface area contributed by atoms with E-state index in [2.05, 4.69) is 31.3 Å². The number of nitrogens with zero attached hydrogens (tertiary/aromatic N) is 3. The largest absolute Gasteiger partial charge is 0.395 e. The Bertz CT molecular complexity index is 322. The maximum absolute atomic E-state index is 8.91. The molecule has 0 aliphatic rings. The molecule has 15 heavy (non-hydrogen) atoms. The van der Waals surface area contributed by atoms with Crippen molar-refractivity contribution in [3.05, 3.63) is 10.7 Å². The number of nitrogens with two attached hydrogens (primary N) is 1. The molecular formula is C8H14BrN5O. The van der Waals surface area contributed by atoms with Crippen LogP contribution in [-0.2, 0) is 0 Å². The molecule has 0 aromatic carbocycles. The number of nitrogens with one attached hydrogen (secondary N) is 1. The summed E-state index contributed by atoms with van der Waals surface area (Å²) in [7, 11) is 0. The first-order valence-electron chi connectivity index (χ1n) is 4.57. The molecular weight excluding hydrogens is 262 g/mol. The summed E-state index contributed by atoms with van der Waals surface area (Å²) < 4.78 is 0.775. The van der Waals surface area contributed by atoms with Gasteiger partial charge in [-0.25, -0.2) is 10.8 Å². The third kappa shape index (κ3) is 3.01. The Morgan fingerprint density at radius 1 is 1.67 bits per heavy atom. The minimum absolute atomic E-state index is 0.0790. The molecule has 4 N–H and O–H groups in total. The summed E-state index contributed by atoms with van der Waals surface area (Å²) in [5, 5.41) is 8.91. The Balaban J connectivity index is 2.98. The molecule has 0 unspecified atom stereocenters. The SMILES string of the molecule is CCN(CCO)c1nc(NN)ncc1Br. The maximum atomic E-state index is 8.91. The van der Waals surface area contributed by atoms with Crippen LogP contribution in [0.4, 0.5) is 11.8 Å². The molecule has 84 valence electrons. The number of halogens is 1.